The molecule has 0 fully saturated rings. The molecule has 0 radical (unpaired) electrons. The summed E-state index contributed by atoms with van der Waals surface area (Å²) in [5.41, 5.74) is 0.701. The molecule has 3 N–H and O–H groups in total. The maximum atomic E-state index is 11.9. The second kappa shape index (κ2) is 6.92. The predicted molar refractivity (Wildman–Crippen MR) is 83.5 cm³/mol. The van der Waals surface area contributed by atoms with Crippen LogP contribution in [0.3, 0.4) is 0 Å². The van der Waals surface area contributed by atoms with Crippen LogP contribution < -0.4 is 16.0 Å². The van der Waals surface area contributed by atoms with Crippen molar-refractivity contribution in [2.24, 2.45) is 0 Å². The molecule has 0 spiro atoms. The number of hydrogen-bond donors (Lipinski definition) is 3. The van der Waals surface area contributed by atoms with Gasteiger partial charge < -0.3 is 20.4 Å². The molecule has 2 aromatic heterocycles. The van der Waals surface area contributed by atoms with Crippen molar-refractivity contribution < 1.29 is 4.79 Å². The number of hydrogen-bond acceptors (Lipinski definition) is 5. The van der Waals surface area contributed by atoms with Crippen LogP contribution in [0.2, 0.25) is 0 Å². The Balaban J connectivity index is 2.19. The second-order valence-electron chi connectivity index (χ2n) is 4.82. The van der Waals surface area contributed by atoms with Crippen LogP contribution in [0.25, 0.3) is 5.65 Å². The third-order valence-corrected chi connectivity index (χ3v) is 3.03. The highest BCUT2D eigenvalue weighted by Gasteiger charge is 2.15. The van der Waals surface area contributed by atoms with Crippen LogP contribution in [0.15, 0.2) is 18.6 Å². The van der Waals surface area contributed by atoms with Crippen LogP contribution in [-0.2, 0) is 4.79 Å². The topological polar surface area (TPSA) is 83.3 Å². The number of aromatic nitrogens is 3. The summed E-state index contributed by atoms with van der Waals surface area (Å²) in [6, 6.07) is -0.374. The minimum atomic E-state index is -0.374. The van der Waals surface area contributed by atoms with Crippen LogP contribution in [0.5, 0.6) is 0 Å². The monoisotopic (exact) mass is 290 g/mol. The molecule has 2 aromatic rings. The predicted octanol–water partition coefficient (Wildman–Crippen LogP) is 1.49. The van der Waals surface area contributed by atoms with Crippen molar-refractivity contribution in [3.63, 3.8) is 0 Å². The number of fused-ring (bicyclic) bond motifs is 1. The fraction of sp³-hybridized carbons (Fsp3) is 0.500. The minimum absolute atomic E-state index is 0.0443. The maximum Gasteiger partial charge on any atom is 0.242 e. The molecule has 2 heterocycles. The molecule has 0 aromatic carbocycles. The molecule has 114 valence electrons. The number of amides is 1. The van der Waals surface area contributed by atoms with E-state index >= 15 is 0 Å². The molecule has 1 atom stereocenters. The van der Waals surface area contributed by atoms with Gasteiger partial charge in [-0.15, -0.1) is 0 Å². The number of nitrogens with zero attached hydrogens (tertiary/aromatic N) is 3. The average molecular weight is 290 g/mol. The molecule has 0 saturated carbocycles. The molecular formula is C14H22N6O. The van der Waals surface area contributed by atoms with Crippen molar-refractivity contribution in [1.82, 2.24) is 19.7 Å². The van der Waals surface area contributed by atoms with E-state index in [-0.39, 0.29) is 11.9 Å². The van der Waals surface area contributed by atoms with Crippen molar-refractivity contribution >= 4 is 23.2 Å². The first-order valence-corrected chi connectivity index (χ1v) is 7.27. The lowest BCUT2D eigenvalue weighted by molar-refractivity contribution is -0.121. The Hall–Kier alpha value is -2.31. The Morgan fingerprint density at radius 1 is 1.43 bits per heavy atom. The molecule has 21 heavy (non-hydrogen) atoms. The van der Waals surface area contributed by atoms with E-state index in [2.05, 4.69) is 25.9 Å². The molecule has 0 bridgehead atoms. The van der Waals surface area contributed by atoms with Gasteiger partial charge in [-0.25, -0.2) is 9.97 Å². The van der Waals surface area contributed by atoms with Crippen molar-refractivity contribution in [3.05, 3.63) is 18.6 Å². The van der Waals surface area contributed by atoms with Gasteiger partial charge in [-0.05, 0) is 20.3 Å². The zero-order valence-corrected chi connectivity index (χ0v) is 12.7. The first kappa shape index (κ1) is 15.1. The summed E-state index contributed by atoms with van der Waals surface area (Å²) in [6.07, 6.45) is 6.35. The Kier molecular flexibility index (Phi) is 4.97. The highest BCUT2D eigenvalue weighted by atomic mass is 16.2. The van der Waals surface area contributed by atoms with E-state index in [1.165, 1.54) is 0 Å². The molecular weight excluding hydrogens is 268 g/mol. The third kappa shape index (κ3) is 3.62. The highest BCUT2D eigenvalue weighted by molar-refractivity contribution is 5.85. The molecule has 1 unspecified atom stereocenters. The summed E-state index contributed by atoms with van der Waals surface area (Å²) in [4.78, 5) is 20.7. The molecule has 7 heteroatoms. The number of anilines is 2. The van der Waals surface area contributed by atoms with Crippen molar-refractivity contribution in [1.29, 1.82) is 0 Å². The summed E-state index contributed by atoms with van der Waals surface area (Å²) >= 11 is 0. The van der Waals surface area contributed by atoms with Gasteiger partial charge in [0.2, 0.25) is 5.91 Å². The Bertz CT molecular complexity index is 609. The van der Waals surface area contributed by atoms with Gasteiger partial charge in [-0.3, -0.25) is 4.79 Å². The van der Waals surface area contributed by atoms with Crippen LogP contribution >= 0.6 is 0 Å². The Morgan fingerprint density at radius 3 is 2.95 bits per heavy atom. The molecule has 0 saturated heterocycles. The molecule has 0 aliphatic heterocycles. The normalized spacial score (nSPS) is 12.1. The van der Waals surface area contributed by atoms with E-state index in [0.29, 0.717) is 18.0 Å². The van der Waals surface area contributed by atoms with Gasteiger partial charge in [0.1, 0.15) is 11.9 Å². The van der Waals surface area contributed by atoms with E-state index in [0.717, 1.165) is 18.8 Å². The summed E-state index contributed by atoms with van der Waals surface area (Å²) in [5.74, 6) is 1.29. The lowest BCUT2D eigenvalue weighted by Crippen LogP contribution is -2.38. The number of nitrogens with one attached hydrogen (secondary N) is 3. The third-order valence-electron chi connectivity index (χ3n) is 3.03. The van der Waals surface area contributed by atoms with Crippen LogP contribution in [0.1, 0.15) is 27.2 Å². The summed E-state index contributed by atoms with van der Waals surface area (Å²) < 4.78 is 1.88. The summed E-state index contributed by atoms with van der Waals surface area (Å²) in [7, 11) is 0. The van der Waals surface area contributed by atoms with Crippen molar-refractivity contribution in [2.45, 2.75) is 33.2 Å². The lowest BCUT2D eigenvalue weighted by Gasteiger charge is -2.16. The first-order valence-electron chi connectivity index (χ1n) is 7.27. The van der Waals surface area contributed by atoms with Crippen molar-refractivity contribution in [2.75, 3.05) is 23.7 Å². The largest absolute Gasteiger partial charge is 0.369 e. The second-order valence-corrected chi connectivity index (χ2v) is 4.82. The molecule has 0 aliphatic carbocycles. The summed E-state index contributed by atoms with van der Waals surface area (Å²) in [6.45, 7) is 7.29. The lowest BCUT2D eigenvalue weighted by atomic mass is 10.3. The van der Waals surface area contributed by atoms with Gasteiger partial charge in [0.25, 0.3) is 0 Å². The average Bonchev–Trinajstić information content (AvgIpc) is 2.93. The summed E-state index contributed by atoms with van der Waals surface area (Å²) in [5, 5.41) is 9.16. The first-order chi connectivity index (χ1) is 10.2. The Morgan fingerprint density at radius 2 is 2.24 bits per heavy atom. The van der Waals surface area contributed by atoms with Crippen LogP contribution in [-0.4, -0.2) is 39.4 Å². The molecule has 0 aliphatic rings. The van der Waals surface area contributed by atoms with Crippen molar-refractivity contribution in [3.8, 4) is 0 Å². The quantitative estimate of drug-likeness (QED) is 0.719. The van der Waals surface area contributed by atoms with E-state index in [1.54, 1.807) is 6.20 Å². The van der Waals surface area contributed by atoms with Crippen LogP contribution in [0, 0.1) is 0 Å². The van der Waals surface area contributed by atoms with Gasteiger partial charge in [0, 0.05) is 25.5 Å². The van der Waals surface area contributed by atoms with E-state index < -0.39 is 0 Å². The number of carbonyl (C=O) groups is 1. The fourth-order valence-corrected chi connectivity index (χ4v) is 1.97. The maximum absolute atomic E-state index is 11.9. The Labute approximate surface area is 124 Å². The zero-order chi connectivity index (χ0) is 15.2. The number of imidazole rings is 1. The van der Waals surface area contributed by atoms with Gasteiger partial charge in [0.05, 0.1) is 6.20 Å². The van der Waals surface area contributed by atoms with E-state index in [9.17, 15) is 4.79 Å². The number of rotatable bonds is 7. The van der Waals surface area contributed by atoms with E-state index in [4.69, 9.17) is 0 Å². The van der Waals surface area contributed by atoms with Gasteiger partial charge in [0.15, 0.2) is 11.5 Å². The van der Waals surface area contributed by atoms with Crippen LogP contribution in [0.4, 0.5) is 11.6 Å². The number of carbonyl (C=O) groups excluding carboxylic acids is 1. The fourth-order valence-electron chi connectivity index (χ4n) is 1.97. The van der Waals surface area contributed by atoms with Gasteiger partial charge in [-0.2, -0.15) is 0 Å². The van der Waals surface area contributed by atoms with E-state index in [1.807, 2.05) is 37.6 Å². The standard InChI is InChI=1S/C14H22N6O/c1-4-6-17-14(21)10(3)18-12-13-16-7-8-20(13)9-11(19-12)15-5-2/h7-10,15H,4-6H2,1-3H3,(H,17,21)(H,18,19). The highest BCUT2D eigenvalue weighted by Crippen LogP contribution is 2.17. The van der Waals surface area contributed by atoms with Gasteiger partial charge in [-0.1, -0.05) is 6.92 Å². The SMILES string of the molecule is CCCNC(=O)C(C)Nc1nc(NCC)cn2ccnc12. The minimum Gasteiger partial charge on any atom is -0.369 e. The molecule has 2 rings (SSSR count). The zero-order valence-electron chi connectivity index (χ0n) is 12.7. The van der Waals surface area contributed by atoms with Gasteiger partial charge >= 0.3 is 0 Å². The smallest absolute Gasteiger partial charge is 0.242 e. The molecule has 1 amide bonds. The molecule has 7 nitrogen and oxygen atoms in total.